The second-order valence-electron chi connectivity index (χ2n) is 5.42. The minimum absolute atomic E-state index is 0.205. The molecular formula is C17H15N3O. The summed E-state index contributed by atoms with van der Waals surface area (Å²) in [5.74, 6) is 2.32. The summed E-state index contributed by atoms with van der Waals surface area (Å²) in [6.45, 7) is 0. The first-order valence-electron chi connectivity index (χ1n) is 7.16. The van der Waals surface area contributed by atoms with Crippen molar-refractivity contribution in [2.24, 2.45) is 5.92 Å². The maximum Gasteiger partial charge on any atom is 0.152 e. The van der Waals surface area contributed by atoms with E-state index in [1.54, 1.807) is 18.3 Å². The summed E-state index contributed by atoms with van der Waals surface area (Å²) < 4.78 is 5.92. The molecule has 2 aromatic heterocycles. The molecule has 2 aromatic rings. The largest absolute Gasteiger partial charge is 0.459 e. The van der Waals surface area contributed by atoms with Crippen LogP contribution in [-0.4, -0.2) is 4.98 Å². The molecule has 0 bridgehead atoms. The highest BCUT2D eigenvalue weighted by molar-refractivity contribution is 5.53. The quantitative estimate of drug-likeness (QED) is 0.831. The van der Waals surface area contributed by atoms with Gasteiger partial charge in [0.15, 0.2) is 5.76 Å². The number of nitrogens with zero attached hydrogens (tertiary/aromatic N) is 3. The van der Waals surface area contributed by atoms with Crippen LogP contribution in [0.4, 0.5) is 0 Å². The number of hydrogen-bond acceptors (Lipinski definition) is 4. The third-order valence-electron chi connectivity index (χ3n) is 4.08. The molecule has 3 rings (SSSR count). The van der Waals surface area contributed by atoms with Crippen molar-refractivity contribution in [3.63, 3.8) is 0 Å². The van der Waals surface area contributed by atoms with E-state index in [0.29, 0.717) is 11.5 Å². The number of rotatable bonds is 2. The molecule has 0 saturated heterocycles. The predicted octanol–water partition coefficient (Wildman–Crippen LogP) is 4.01. The zero-order valence-corrected chi connectivity index (χ0v) is 11.6. The molecule has 1 fully saturated rings. The molecule has 0 spiro atoms. The molecule has 2 heterocycles. The zero-order valence-electron chi connectivity index (χ0n) is 11.6. The molecular weight excluding hydrogens is 262 g/mol. The Kier molecular flexibility index (Phi) is 3.71. The van der Waals surface area contributed by atoms with Crippen molar-refractivity contribution in [1.82, 2.24) is 4.98 Å². The fourth-order valence-electron chi connectivity index (χ4n) is 2.82. The van der Waals surface area contributed by atoms with Crippen LogP contribution in [0.2, 0.25) is 0 Å². The Hall–Kier alpha value is -2.59. The third-order valence-corrected chi connectivity index (χ3v) is 4.08. The zero-order chi connectivity index (χ0) is 14.7. The van der Waals surface area contributed by atoms with Gasteiger partial charge < -0.3 is 4.42 Å². The monoisotopic (exact) mass is 277 g/mol. The lowest BCUT2D eigenvalue weighted by molar-refractivity contribution is 0.340. The Morgan fingerprint density at radius 1 is 1.05 bits per heavy atom. The summed E-state index contributed by atoms with van der Waals surface area (Å²) in [6, 6.07) is 11.9. The van der Waals surface area contributed by atoms with Crippen LogP contribution in [0.3, 0.4) is 0 Å². The van der Waals surface area contributed by atoms with Gasteiger partial charge in [0, 0.05) is 18.0 Å². The molecule has 1 aliphatic rings. The van der Waals surface area contributed by atoms with Crippen LogP contribution >= 0.6 is 0 Å². The van der Waals surface area contributed by atoms with Crippen LogP contribution < -0.4 is 0 Å². The second kappa shape index (κ2) is 5.81. The summed E-state index contributed by atoms with van der Waals surface area (Å²) in [7, 11) is 0. The Labute approximate surface area is 123 Å². The minimum Gasteiger partial charge on any atom is -0.459 e. The van der Waals surface area contributed by atoms with Crippen LogP contribution in [0, 0.1) is 28.6 Å². The Morgan fingerprint density at radius 2 is 1.86 bits per heavy atom. The average Bonchev–Trinajstić information content (AvgIpc) is 3.05. The lowest BCUT2D eigenvalue weighted by atomic mass is 9.82. The maximum absolute atomic E-state index is 8.94. The molecule has 4 nitrogen and oxygen atoms in total. The van der Waals surface area contributed by atoms with Crippen LogP contribution in [0.25, 0.3) is 11.5 Å². The molecule has 4 heteroatoms. The van der Waals surface area contributed by atoms with Gasteiger partial charge in [0.1, 0.15) is 17.5 Å². The first-order valence-corrected chi connectivity index (χ1v) is 7.16. The first kappa shape index (κ1) is 13.4. The van der Waals surface area contributed by atoms with E-state index in [-0.39, 0.29) is 5.92 Å². The number of nitriles is 2. The van der Waals surface area contributed by atoms with Crippen LogP contribution in [0.15, 0.2) is 34.9 Å². The van der Waals surface area contributed by atoms with Crippen molar-refractivity contribution in [3.05, 3.63) is 41.8 Å². The van der Waals surface area contributed by atoms with E-state index in [9.17, 15) is 0 Å². The van der Waals surface area contributed by atoms with Crippen LogP contribution in [0.5, 0.6) is 0 Å². The molecule has 0 amide bonds. The Morgan fingerprint density at radius 3 is 2.48 bits per heavy atom. The standard InChI is InChI=1S/C17H15N3O/c18-9-12-1-4-14(5-2-12)16-7-8-17(21-16)15-6-3-13(10-19)11-20-15/h3,6-8,11-12,14H,1-2,4-5H2. The summed E-state index contributed by atoms with van der Waals surface area (Å²) >= 11 is 0. The highest BCUT2D eigenvalue weighted by Crippen LogP contribution is 2.37. The van der Waals surface area contributed by atoms with Crippen LogP contribution in [-0.2, 0) is 0 Å². The van der Waals surface area contributed by atoms with E-state index in [1.165, 1.54) is 0 Å². The van der Waals surface area contributed by atoms with E-state index in [2.05, 4.69) is 17.1 Å². The van der Waals surface area contributed by atoms with Crippen LogP contribution in [0.1, 0.15) is 42.9 Å². The van der Waals surface area contributed by atoms with Crippen molar-refractivity contribution in [3.8, 4) is 23.6 Å². The topological polar surface area (TPSA) is 73.6 Å². The first-order chi connectivity index (χ1) is 10.3. The highest BCUT2D eigenvalue weighted by Gasteiger charge is 2.24. The van der Waals surface area contributed by atoms with Crippen molar-refractivity contribution < 1.29 is 4.42 Å². The van der Waals surface area contributed by atoms with E-state index in [1.807, 2.05) is 12.1 Å². The van der Waals surface area contributed by atoms with Gasteiger partial charge in [0.2, 0.25) is 0 Å². The van der Waals surface area contributed by atoms with Gasteiger partial charge in [-0.15, -0.1) is 0 Å². The Bertz CT molecular complexity index is 695. The molecule has 104 valence electrons. The van der Waals surface area contributed by atoms with Gasteiger partial charge in [0.25, 0.3) is 0 Å². The lowest BCUT2D eigenvalue weighted by Gasteiger charge is -2.22. The molecule has 0 aromatic carbocycles. The van der Waals surface area contributed by atoms with E-state index in [4.69, 9.17) is 14.9 Å². The summed E-state index contributed by atoms with van der Waals surface area (Å²) in [5, 5.41) is 17.7. The fourth-order valence-corrected chi connectivity index (χ4v) is 2.82. The number of pyridine rings is 1. The molecule has 0 aliphatic heterocycles. The predicted molar refractivity (Wildman–Crippen MR) is 77.0 cm³/mol. The van der Waals surface area contributed by atoms with Gasteiger partial charge in [-0.1, -0.05) is 0 Å². The number of aromatic nitrogens is 1. The molecule has 0 N–H and O–H groups in total. The van der Waals surface area contributed by atoms with Gasteiger partial charge in [-0.05, 0) is 49.9 Å². The van der Waals surface area contributed by atoms with Gasteiger partial charge in [-0.25, -0.2) is 0 Å². The third kappa shape index (κ3) is 2.80. The van der Waals surface area contributed by atoms with E-state index < -0.39 is 0 Å². The summed E-state index contributed by atoms with van der Waals surface area (Å²) in [6.07, 6.45) is 5.46. The lowest BCUT2D eigenvalue weighted by Crippen LogP contribution is -2.11. The SMILES string of the molecule is N#Cc1ccc(-c2ccc(C3CCC(C#N)CC3)o2)nc1. The molecule has 0 radical (unpaired) electrons. The normalized spacial score (nSPS) is 21.4. The molecule has 0 atom stereocenters. The van der Waals surface area contributed by atoms with Gasteiger partial charge in [-0.3, -0.25) is 4.98 Å². The number of hydrogen-bond donors (Lipinski definition) is 0. The number of furan rings is 1. The highest BCUT2D eigenvalue weighted by atomic mass is 16.3. The van der Waals surface area contributed by atoms with Gasteiger partial charge in [0.05, 0.1) is 11.6 Å². The smallest absolute Gasteiger partial charge is 0.152 e. The molecule has 21 heavy (non-hydrogen) atoms. The maximum atomic E-state index is 8.94. The summed E-state index contributed by atoms with van der Waals surface area (Å²) in [4.78, 5) is 4.24. The van der Waals surface area contributed by atoms with Crippen molar-refractivity contribution in [1.29, 1.82) is 10.5 Å². The average molecular weight is 277 g/mol. The van der Waals surface area contributed by atoms with Crippen molar-refractivity contribution in [2.75, 3.05) is 0 Å². The minimum atomic E-state index is 0.205. The molecule has 1 saturated carbocycles. The van der Waals surface area contributed by atoms with E-state index >= 15 is 0 Å². The van der Waals surface area contributed by atoms with Crippen molar-refractivity contribution >= 4 is 0 Å². The van der Waals surface area contributed by atoms with Crippen molar-refractivity contribution in [2.45, 2.75) is 31.6 Å². The Balaban J connectivity index is 1.74. The molecule has 1 aliphatic carbocycles. The van der Waals surface area contributed by atoms with E-state index in [0.717, 1.165) is 42.9 Å². The van der Waals surface area contributed by atoms with Gasteiger partial charge >= 0.3 is 0 Å². The molecule has 0 unspecified atom stereocenters. The fraction of sp³-hybridized carbons (Fsp3) is 0.353. The second-order valence-corrected chi connectivity index (χ2v) is 5.42. The summed E-state index contributed by atoms with van der Waals surface area (Å²) in [5.41, 5.74) is 1.28. The van der Waals surface area contributed by atoms with Gasteiger partial charge in [-0.2, -0.15) is 10.5 Å².